The maximum Gasteiger partial charge on any atom is 0.292 e. The van der Waals surface area contributed by atoms with Crippen molar-refractivity contribution in [3.05, 3.63) is 70.1 Å². The molecule has 0 saturated heterocycles. The number of rotatable bonds is 4. The summed E-state index contributed by atoms with van der Waals surface area (Å²) in [6.07, 6.45) is 1.56. The summed E-state index contributed by atoms with van der Waals surface area (Å²) >= 11 is 0. The molecule has 132 valence electrons. The highest BCUT2D eigenvalue weighted by Crippen LogP contribution is 2.13. The Kier molecular flexibility index (Phi) is 4.79. The van der Waals surface area contributed by atoms with Gasteiger partial charge < -0.3 is 4.90 Å². The first kappa shape index (κ1) is 17.3. The van der Waals surface area contributed by atoms with Crippen LogP contribution in [0, 0.1) is 0 Å². The average Bonchev–Trinajstić information content (AvgIpc) is 2.65. The smallest absolute Gasteiger partial charge is 0.292 e. The Labute approximate surface area is 150 Å². The average molecular weight is 349 g/mol. The number of fused-ring (bicyclic) bond motifs is 1. The summed E-state index contributed by atoms with van der Waals surface area (Å²) in [5.74, 6) is -0.474. The number of hydrazone groups is 1. The van der Waals surface area contributed by atoms with Gasteiger partial charge in [0.05, 0.1) is 11.6 Å². The Hall–Kier alpha value is -3.48. The molecular weight excluding hydrogens is 330 g/mol. The second kappa shape index (κ2) is 7.18. The number of anilines is 1. The number of nitrogens with zero attached hydrogens (tertiary/aromatic N) is 4. The lowest BCUT2D eigenvalue weighted by atomic mass is 10.1. The zero-order valence-electron chi connectivity index (χ0n) is 14.8. The Balaban J connectivity index is 1.81. The minimum atomic E-state index is -0.474. The van der Waals surface area contributed by atoms with E-state index >= 15 is 0 Å². The number of nitrogens with one attached hydrogen (secondary N) is 1. The highest BCUT2D eigenvalue weighted by molar-refractivity contribution is 6.04. The predicted octanol–water partition coefficient (Wildman–Crippen LogP) is 1.76. The van der Waals surface area contributed by atoms with Crippen LogP contribution in [0.4, 0.5) is 5.69 Å². The van der Waals surface area contributed by atoms with Gasteiger partial charge in [-0.25, -0.2) is 10.1 Å². The van der Waals surface area contributed by atoms with Gasteiger partial charge in [0, 0.05) is 32.2 Å². The van der Waals surface area contributed by atoms with E-state index in [2.05, 4.69) is 15.6 Å². The Morgan fingerprint density at radius 3 is 2.42 bits per heavy atom. The van der Waals surface area contributed by atoms with Gasteiger partial charge in [0.15, 0.2) is 5.69 Å². The van der Waals surface area contributed by atoms with E-state index in [1.165, 1.54) is 7.05 Å². The summed E-state index contributed by atoms with van der Waals surface area (Å²) in [7, 11) is 5.45. The van der Waals surface area contributed by atoms with Crippen LogP contribution in [-0.4, -0.2) is 36.0 Å². The molecule has 0 radical (unpaired) electrons. The molecule has 0 unspecified atom stereocenters. The number of amides is 1. The zero-order valence-corrected chi connectivity index (χ0v) is 14.8. The van der Waals surface area contributed by atoms with Crippen LogP contribution in [0.15, 0.2) is 58.4 Å². The van der Waals surface area contributed by atoms with E-state index < -0.39 is 5.91 Å². The number of carbonyl (C=O) groups is 1. The largest absolute Gasteiger partial charge is 0.378 e. The molecule has 0 atom stereocenters. The van der Waals surface area contributed by atoms with Crippen molar-refractivity contribution in [3.63, 3.8) is 0 Å². The van der Waals surface area contributed by atoms with Crippen LogP contribution >= 0.6 is 0 Å². The van der Waals surface area contributed by atoms with E-state index in [1.54, 1.807) is 30.5 Å². The first-order valence-corrected chi connectivity index (χ1v) is 8.04. The third-order valence-corrected chi connectivity index (χ3v) is 3.96. The van der Waals surface area contributed by atoms with Crippen LogP contribution in [0.5, 0.6) is 0 Å². The molecular formula is C19H19N5O2. The van der Waals surface area contributed by atoms with Gasteiger partial charge in [-0.2, -0.15) is 10.2 Å². The molecule has 0 fully saturated rings. The third-order valence-electron chi connectivity index (χ3n) is 3.96. The molecule has 7 heteroatoms. The van der Waals surface area contributed by atoms with Gasteiger partial charge in [0.2, 0.25) is 0 Å². The molecule has 3 aromatic rings. The Morgan fingerprint density at radius 2 is 1.77 bits per heavy atom. The molecule has 0 spiro atoms. The van der Waals surface area contributed by atoms with Gasteiger partial charge >= 0.3 is 0 Å². The third kappa shape index (κ3) is 3.46. The minimum absolute atomic E-state index is 0.155. The summed E-state index contributed by atoms with van der Waals surface area (Å²) in [6, 6.07) is 14.6. The van der Waals surface area contributed by atoms with Crippen LogP contribution in [0.1, 0.15) is 16.1 Å². The molecule has 1 aromatic heterocycles. The minimum Gasteiger partial charge on any atom is -0.378 e. The molecule has 1 amide bonds. The monoisotopic (exact) mass is 349 g/mol. The van der Waals surface area contributed by atoms with E-state index in [4.69, 9.17) is 0 Å². The molecule has 1 heterocycles. The Morgan fingerprint density at radius 1 is 1.12 bits per heavy atom. The first-order valence-electron chi connectivity index (χ1n) is 8.04. The second-order valence-corrected chi connectivity index (χ2v) is 6.01. The molecule has 2 aromatic carbocycles. The van der Waals surface area contributed by atoms with Crippen LogP contribution in [-0.2, 0) is 7.05 Å². The highest BCUT2D eigenvalue weighted by Gasteiger charge is 2.14. The van der Waals surface area contributed by atoms with Crippen molar-refractivity contribution < 1.29 is 4.79 Å². The SMILES string of the molecule is CN(C)c1ccc(C=NNC(=O)c2nn(C)c(=O)c3ccccc23)cc1. The lowest BCUT2D eigenvalue weighted by molar-refractivity contribution is 0.0950. The lowest BCUT2D eigenvalue weighted by Crippen LogP contribution is -2.27. The quantitative estimate of drug-likeness (QED) is 0.575. The molecule has 0 bridgehead atoms. The first-order chi connectivity index (χ1) is 12.5. The van der Waals surface area contributed by atoms with E-state index in [-0.39, 0.29) is 11.3 Å². The molecule has 0 aliphatic rings. The summed E-state index contributed by atoms with van der Waals surface area (Å²) in [5.41, 5.74) is 4.30. The van der Waals surface area contributed by atoms with E-state index in [0.29, 0.717) is 10.8 Å². The zero-order chi connectivity index (χ0) is 18.7. The van der Waals surface area contributed by atoms with Crippen molar-refractivity contribution in [2.24, 2.45) is 12.1 Å². The highest BCUT2D eigenvalue weighted by atomic mass is 16.2. The van der Waals surface area contributed by atoms with Crippen LogP contribution in [0.3, 0.4) is 0 Å². The Bertz CT molecular complexity index is 1040. The normalized spacial score (nSPS) is 11.0. The van der Waals surface area contributed by atoms with Gasteiger partial charge in [-0.05, 0) is 23.8 Å². The fourth-order valence-corrected chi connectivity index (χ4v) is 2.54. The van der Waals surface area contributed by atoms with Crippen LogP contribution in [0.25, 0.3) is 10.8 Å². The summed E-state index contributed by atoms with van der Waals surface area (Å²) in [5, 5.41) is 9.00. The summed E-state index contributed by atoms with van der Waals surface area (Å²) in [4.78, 5) is 26.6. The van der Waals surface area contributed by atoms with E-state index in [0.717, 1.165) is 15.9 Å². The number of aryl methyl sites for hydroxylation is 1. The van der Waals surface area contributed by atoms with Crippen LogP contribution < -0.4 is 15.9 Å². The van der Waals surface area contributed by atoms with Crippen molar-refractivity contribution in [3.8, 4) is 0 Å². The number of hydrogen-bond acceptors (Lipinski definition) is 5. The molecule has 0 saturated carbocycles. The standard InChI is InChI=1S/C19H19N5O2/c1-23(2)14-10-8-13(9-11-14)12-20-21-18(25)17-15-6-4-5-7-16(15)19(26)24(3)22-17/h4-12H,1-3H3,(H,21,25). The number of benzene rings is 2. The maximum atomic E-state index is 12.4. The van der Waals surface area contributed by atoms with Crippen LogP contribution in [0.2, 0.25) is 0 Å². The molecule has 0 aliphatic heterocycles. The van der Waals surface area contributed by atoms with E-state index in [1.807, 2.05) is 43.3 Å². The number of aromatic nitrogens is 2. The van der Waals surface area contributed by atoms with Gasteiger partial charge in [-0.15, -0.1) is 0 Å². The van der Waals surface area contributed by atoms with Crippen molar-refractivity contribution in [2.75, 3.05) is 19.0 Å². The van der Waals surface area contributed by atoms with Crippen molar-refractivity contribution in [1.82, 2.24) is 15.2 Å². The predicted molar refractivity (Wildman–Crippen MR) is 103 cm³/mol. The van der Waals surface area contributed by atoms with Crippen molar-refractivity contribution in [2.45, 2.75) is 0 Å². The van der Waals surface area contributed by atoms with Gasteiger partial charge in [-0.3, -0.25) is 9.59 Å². The number of hydrogen-bond donors (Lipinski definition) is 1. The van der Waals surface area contributed by atoms with Gasteiger partial charge in [0.1, 0.15) is 0 Å². The molecule has 1 N–H and O–H groups in total. The summed E-state index contributed by atoms with van der Waals surface area (Å²) in [6.45, 7) is 0. The fourth-order valence-electron chi connectivity index (χ4n) is 2.54. The molecule has 7 nitrogen and oxygen atoms in total. The van der Waals surface area contributed by atoms with E-state index in [9.17, 15) is 9.59 Å². The lowest BCUT2D eigenvalue weighted by Gasteiger charge is -2.11. The molecule has 0 aliphatic carbocycles. The fraction of sp³-hybridized carbons (Fsp3) is 0.158. The molecule has 3 rings (SSSR count). The topological polar surface area (TPSA) is 79.6 Å². The van der Waals surface area contributed by atoms with Gasteiger partial charge in [0.25, 0.3) is 11.5 Å². The maximum absolute atomic E-state index is 12.4. The molecule has 26 heavy (non-hydrogen) atoms. The van der Waals surface area contributed by atoms with Crippen molar-refractivity contribution in [1.29, 1.82) is 0 Å². The number of carbonyl (C=O) groups excluding carboxylic acids is 1. The van der Waals surface area contributed by atoms with Gasteiger partial charge in [-0.1, -0.05) is 30.3 Å². The van der Waals surface area contributed by atoms with Crippen molar-refractivity contribution >= 4 is 28.6 Å². The summed E-state index contributed by atoms with van der Waals surface area (Å²) < 4.78 is 1.15. The second-order valence-electron chi connectivity index (χ2n) is 6.01.